The molecule has 0 spiro atoms. The van der Waals surface area contributed by atoms with E-state index < -0.39 is 0 Å². The fourth-order valence-corrected chi connectivity index (χ4v) is 3.59. The van der Waals surface area contributed by atoms with Crippen LogP contribution in [0.5, 0.6) is 0 Å². The fraction of sp³-hybridized carbons (Fsp3) is 0.348. The van der Waals surface area contributed by atoms with Crippen LogP contribution >= 0.6 is 12.2 Å². The van der Waals surface area contributed by atoms with E-state index in [1.165, 1.54) is 10.1 Å². The number of aryl methyl sites for hydroxylation is 1. The molecule has 1 aromatic heterocycles. The molecular weight excluding hydrogens is 398 g/mol. The molecule has 0 aliphatic carbocycles. The van der Waals surface area contributed by atoms with Gasteiger partial charge < -0.3 is 15.0 Å². The second-order valence-electron chi connectivity index (χ2n) is 7.25. The SMILES string of the molecule is CCCCc1ccc(NC(=O)c2ccc3c(=O)n(CCCOC)c(=S)[nH]c3c2)cc1. The predicted octanol–water partition coefficient (Wildman–Crippen LogP) is 4.69. The Bertz CT molecular complexity index is 1130. The molecule has 6 nitrogen and oxygen atoms in total. The molecule has 0 saturated heterocycles. The summed E-state index contributed by atoms with van der Waals surface area (Å²) in [6.07, 6.45) is 4.04. The van der Waals surface area contributed by atoms with E-state index in [0.29, 0.717) is 40.8 Å². The smallest absolute Gasteiger partial charge is 0.262 e. The first-order valence-corrected chi connectivity index (χ1v) is 10.6. The second-order valence-corrected chi connectivity index (χ2v) is 7.63. The molecule has 0 atom stereocenters. The fourth-order valence-electron chi connectivity index (χ4n) is 3.30. The van der Waals surface area contributed by atoms with E-state index in [9.17, 15) is 9.59 Å². The van der Waals surface area contributed by atoms with Gasteiger partial charge in [-0.25, -0.2) is 0 Å². The number of hydrogen-bond acceptors (Lipinski definition) is 4. The normalized spacial score (nSPS) is 11.0. The number of anilines is 1. The molecule has 0 fully saturated rings. The van der Waals surface area contributed by atoms with E-state index in [2.05, 4.69) is 17.2 Å². The van der Waals surface area contributed by atoms with Gasteiger partial charge in [0.2, 0.25) is 0 Å². The minimum Gasteiger partial charge on any atom is -0.385 e. The minimum atomic E-state index is -0.234. The number of aromatic nitrogens is 2. The number of H-pyrrole nitrogens is 1. The van der Waals surface area contributed by atoms with E-state index in [1.807, 2.05) is 24.3 Å². The third kappa shape index (κ3) is 5.23. The Kier molecular flexibility index (Phi) is 7.54. The van der Waals surface area contributed by atoms with Crippen LogP contribution in [0.2, 0.25) is 0 Å². The van der Waals surface area contributed by atoms with E-state index in [1.54, 1.807) is 25.3 Å². The maximum atomic E-state index is 12.8. The quantitative estimate of drug-likeness (QED) is 0.385. The topological polar surface area (TPSA) is 76.1 Å². The number of carbonyl (C=O) groups excluding carboxylic acids is 1. The van der Waals surface area contributed by atoms with Crippen molar-refractivity contribution in [2.45, 2.75) is 39.2 Å². The number of benzene rings is 2. The first-order valence-electron chi connectivity index (χ1n) is 10.2. The summed E-state index contributed by atoms with van der Waals surface area (Å²) >= 11 is 5.34. The Morgan fingerprint density at radius 2 is 1.93 bits per heavy atom. The highest BCUT2D eigenvalue weighted by Gasteiger charge is 2.11. The van der Waals surface area contributed by atoms with Crippen LogP contribution in [0, 0.1) is 4.77 Å². The Hall–Kier alpha value is -2.77. The second kappa shape index (κ2) is 10.3. The van der Waals surface area contributed by atoms with Gasteiger partial charge in [0.25, 0.3) is 11.5 Å². The molecule has 2 N–H and O–H groups in total. The van der Waals surface area contributed by atoms with Gasteiger partial charge in [0.05, 0.1) is 10.9 Å². The Balaban J connectivity index is 1.79. The standard InChI is InChI=1S/C23H27N3O3S/c1-3-4-6-16-7-10-18(11-8-16)24-21(27)17-9-12-19-20(15-17)25-23(30)26(22(19)28)13-5-14-29-2/h7-12,15H,3-6,13-14H2,1-2H3,(H,24,27)(H,25,30). The number of fused-ring (bicyclic) bond motifs is 1. The lowest BCUT2D eigenvalue weighted by Crippen LogP contribution is -2.23. The molecule has 0 radical (unpaired) electrons. The van der Waals surface area contributed by atoms with Crippen LogP contribution in [0.1, 0.15) is 42.1 Å². The number of nitrogens with one attached hydrogen (secondary N) is 2. The number of rotatable bonds is 9. The largest absolute Gasteiger partial charge is 0.385 e. The summed E-state index contributed by atoms with van der Waals surface area (Å²) in [7, 11) is 1.62. The summed E-state index contributed by atoms with van der Waals surface area (Å²) in [5.74, 6) is -0.234. The number of hydrogen-bond donors (Lipinski definition) is 2. The first kappa shape index (κ1) is 21.9. The predicted molar refractivity (Wildman–Crippen MR) is 123 cm³/mol. The summed E-state index contributed by atoms with van der Waals surface area (Å²) in [4.78, 5) is 28.5. The van der Waals surface area contributed by atoms with Crippen LogP contribution in [-0.2, 0) is 17.7 Å². The van der Waals surface area contributed by atoms with E-state index in [-0.39, 0.29) is 11.5 Å². The van der Waals surface area contributed by atoms with Gasteiger partial charge in [-0.05, 0) is 67.4 Å². The number of methoxy groups -OCH3 is 1. The number of nitrogens with zero attached hydrogens (tertiary/aromatic N) is 1. The van der Waals surface area contributed by atoms with Crippen molar-refractivity contribution in [2.75, 3.05) is 19.0 Å². The van der Waals surface area contributed by atoms with Gasteiger partial charge in [0.15, 0.2) is 4.77 Å². The van der Waals surface area contributed by atoms with E-state index in [4.69, 9.17) is 17.0 Å². The Labute approximate surface area is 180 Å². The summed E-state index contributed by atoms with van der Waals surface area (Å²) in [5.41, 5.74) is 2.84. The first-order chi connectivity index (χ1) is 14.5. The van der Waals surface area contributed by atoms with Gasteiger partial charge in [0.1, 0.15) is 0 Å². The van der Waals surface area contributed by atoms with Gasteiger partial charge in [-0.2, -0.15) is 0 Å². The van der Waals surface area contributed by atoms with Crippen molar-refractivity contribution in [1.29, 1.82) is 0 Å². The van der Waals surface area contributed by atoms with Crippen LogP contribution in [-0.4, -0.2) is 29.2 Å². The number of amides is 1. The zero-order valence-corrected chi connectivity index (χ0v) is 18.2. The average Bonchev–Trinajstić information content (AvgIpc) is 2.75. The molecular formula is C23H27N3O3S. The van der Waals surface area contributed by atoms with E-state index >= 15 is 0 Å². The highest BCUT2D eigenvalue weighted by molar-refractivity contribution is 7.71. The summed E-state index contributed by atoms with van der Waals surface area (Å²) in [5, 5.41) is 3.40. The zero-order chi connectivity index (χ0) is 21.5. The molecule has 3 aromatic rings. The maximum absolute atomic E-state index is 12.8. The number of carbonyl (C=O) groups is 1. The molecule has 0 aliphatic rings. The molecule has 0 bridgehead atoms. The zero-order valence-electron chi connectivity index (χ0n) is 17.4. The van der Waals surface area contributed by atoms with Crippen molar-refractivity contribution in [3.63, 3.8) is 0 Å². The van der Waals surface area contributed by atoms with Gasteiger partial charge >= 0.3 is 0 Å². The molecule has 1 amide bonds. The van der Waals surface area contributed by atoms with Crippen LogP contribution < -0.4 is 10.9 Å². The molecule has 7 heteroatoms. The summed E-state index contributed by atoms with van der Waals surface area (Å²) in [6.45, 7) is 3.20. The van der Waals surface area contributed by atoms with Crippen LogP contribution in [0.25, 0.3) is 10.9 Å². The Morgan fingerprint density at radius 1 is 1.17 bits per heavy atom. The van der Waals surface area contributed by atoms with E-state index in [0.717, 1.165) is 24.9 Å². The molecule has 0 aliphatic heterocycles. The van der Waals surface area contributed by atoms with Crippen molar-refractivity contribution in [3.05, 3.63) is 68.7 Å². The molecule has 158 valence electrons. The van der Waals surface area contributed by atoms with Crippen LogP contribution in [0.4, 0.5) is 5.69 Å². The van der Waals surface area contributed by atoms with Crippen molar-refractivity contribution in [1.82, 2.24) is 9.55 Å². The monoisotopic (exact) mass is 425 g/mol. The molecule has 3 rings (SSSR count). The van der Waals surface area contributed by atoms with Crippen molar-refractivity contribution >= 4 is 34.7 Å². The lowest BCUT2D eigenvalue weighted by atomic mass is 10.1. The average molecular weight is 426 g/mol. The number of ether oxygens (including phenoxy) is 1. The van der Waals surface area contributed by atoms with Crippen molar-refractivity contribution in [2.24, 2.45) is 0 Å². The lowest BCUT2D eigenvalue weighted by Gasteiger charge is -2.10. The van der Waals surface area contributed by atoms with Crippen LogP contribution in [0.15, 0.2) is 47.3 Å². The minimum absolute atomic E-state index is 0.167. The molecule has 1 heterocycles. The maximum Gasteiger partial charge on any atom is 0.262 e. The van der Waals surface area contributed by atoms with Crippen molar-refractivity contribution in [3.8, 4) is 0 Å². The summed E-state index contributed by atoms with van der Waals surface area (Å²) in [6, 6.07) is 12.9. The molecule has 30 heavy (non-hydrogen) atoms. The lowest BCUT2D eigenvalue weighted by molar-refractivity contribution is 0.102. The number of unbranched alkanes of at least 4 members (excludes halogenated alkanes) is 1. The van der Waals surface area contributed by atoms with Gasteiger partial charge in [-0.15, -0.1) is 0 Å². The van der Waals surface area contributed by atoms with Gasteiger partial charge in [-0.1, -0.05) is 25.5 Å². The third-order valence-corrected chi connectivity index (χ3v) is 5.33. The molecule has 0 unspecified atom stereocenters. The number of aromatic amines is 1. The third-order valence-electron chi connectivity index (χ3n) is 5.01. The molecule has 0 saturated carbocycles. The van der Waals surface area contributed by atoms with Gasteiger partial charge in [0, 0.05) is 31.5 Å². The highest BCUT2D eigenvalue weighted by atomic mass is 32.1. The van der Waals surface area contributed by atoms with Crippen molar-refractivity contribution < 1.29 is 9.53 Å². The molecule has 2 aromatic carbocycles. The highest BCUT2D eigenvalue weighted by Crippen LogP contribution is 2.15. The van der Waals surface area contributed by atoms with Crippen LogP contribution in [0.3, 0.4) is 0 Å². The Morgan fingerprint density at radius 3 is 2.63 bits per heavy atom. The van der Waals surface area contributed by atoms with Gasteiger partial charge in [-0.3, -0.25) is 14.2 Å². The summed E-state index contributed by atoms with van der Waals surface area (Å²) < 4.78 is 6.90.